The van der Waals surface area contributed by atoms with Crippen molar-refractivity contribution in [2.75, 3.05) is 13.2 Å². The van der Waals surface area contributed by atoms with Gasteiger partial charge in [-0.15, -0.1) is 0 Å². The summed E-state index contributed by atoms with van der Waals surface area (Å²) in [6.45, 7) is 9.97. The number of nitrogens with zero attached hydrogens (tertiary/aromatic N) is 4. The van der Waals surface area contributed by atoms with Gasteiger partial charge in [0.2, 0.25) is 0 Å². The first-order valence-electron chi connectivity index (χ1n) is 13.6. The van der Waals surface area contributed by atoms with E-state index in [4.69, 9.17) is 20.1 Å². The van der Waals surface area contributed by atoms with Gasteiger partial charge in [0, 0.05) is 42.0 Å². The van der Waals surface area contributed by atoms with Gasteiger partial charge in [-0.25, -0.2) is 0 Å². The lowest BCUT2D eigenvalue weighted by molar-refractivity contribution is 0.0543. The molecule has 0 aliphatic carbocycles. The molecule has 6 rings (SSSR count). The normalized spacial score (nSPS) is 17.8. The molecule has 8 heteroatoms. The number of benzene rings is 1. The van der Waals surface area contributed by atoms with Crippen LogP contribution >= 0.6 is 0 Å². The maximum Gasteiger partial charge on any atom is 0.141 e. The SMILES string of the molecule is [2H]c1c(C([2H])(C2CCOCC2)n2c3cc(C(C)(C)O)ccc3c3ncc(-c4c(C)noc4C)cc32)noc1C. The van der Waals surface area contributed by atoms with Crippen LogP contribution in [0, 0.1) is 26.7 Å². The Hall–Kier alpha value is -3.49. The van der Waals surface area contributed by atoms with E-state index in [1.54, 1.807) is 27.0 Å². The number of aromatic nitrogens is 4. The van der Waals surface area contributed by atoms with E-state index in [9.17, 15) is 6.48 Å². The molecule has 192 valence electrons. The highest BCUT2D eigenvalue weighted by Gasteiger charge is 2.33. The number of fused-ring (bicyclic) bond motifs is 3. The van der Waals surface area contributed by atoms with Gasteiger partial charge < -0.3 is 23.5 Å². The number of aryl methyl sites for hydroxylation is 3. The summed E-state index contributed by atoms with van der Waals surface area (Å²) in [4.78, 5) is 4.89. The van der Waals surface area contributed by atoms with E-state index in [0.717, 1.165) is 38.8 Å². The van der Waals surface area contributed by atoms with Gasteiger partial charge in [0.05, 0.1) is 36.6 Å². The predicted molar refractivity (Wildman–Crippen MR) is 140 cm³/mol. The lowest BCUT2D eigenvalue weighted by atomic mass is 9.89. The summed E-state index contributed by atoms with van der Waals surface area (Å²) in [7, 11) is 0. The summed E-state index contributed by atoms with van der Waals surface area (Å²) in [5, 5.41) is 20.2. The van der Waals surface area contributed by atoms with Crippen LogP contribution in [0.15, 0.2) is 45.6 Å². The average Bonchev–Trinajstić information content (AvgIpc) is 3.55. The summed E-state index contributed by atoms with van der Waals surface area (Å²) < 4.78 is 37.6. The number of hydrogen-bond donors (Lipinski definition) is 1. The van der Waals surface area contributed by atoms with E-state index in [1.165, 1.54) is 0 Å². The fourth-order valence-electron chi connectivity index (χ4n) is 5.44. The van der Waals surface area contributed by atoms with Crippen molar-refractivity contribution >= 4 is 21.9 Å². The molecular weight excluding hydrogens is 468 g/mol. The fraction of sp³-hybridized carbons (Fsp3) is 0.414. The third-order valence-corrected chi connectivity index (χ3v) is 7.29. The van der Waals surface area contributed by atoms with Crippen LogP contribution in [0.2, 0.25) is 0 Å². The van der Waals surface area contributed by atoms with E-state index in [0.29, 0.717) is 43.1 Å². The molecule has 1 aliphatic heterocycles. The minimum Gasteiger partial charge on any atom is -0.386 e. The van der Waals surface area contributed by atoms with Crippen molar-refractivity contribution in [1.82, 2.24) is 19.9 Å². The van der Waals surface area contributed by atoms with E-state index in [2.05, 4.69) is 10.3 Å². The van der Waals surface area contributed by atoms with Gasteiger partial charge in [-0.1, -0.05) is 22.4 Å². The van der Waals surface area contributed by atoms with E-state index in [-0.39, 0.29) is 17.7 Å². The molecular formula is C29H32N4O4. The van der Waals surface area contributed by atoms with Gasteiger partial charge in [0.15, 0.2) is 0 Å². The first-order valence-corrected chi connectivity index (χ1v) is 12.6. The van der Waals surface area contributed by atoms with Crippen molar-refractivity contribution in [3.05, 3.63) is 65.0 Å². The van der Waals surface area contributed by atoms with Crippen LogP contribution < -0.4 is 0 Å². The summed E-state index contributed by atoms with van der Waals surface area (Å²) in [6.07, 6.45) is 3.05. The van der Waals surface area contributed by atoms with E-state index < -0.39 is 11.6 Å². The van der Waals surface area contributed by atoms with Gasteiger partial charge >= 0.3 is 0 Å². The molecule has 0 saturated carbocycles. The first kappa shape index (κ1) is 21.6. The molecule has 8 nitrogen and oxygen atoms in total. The second kappa shape index (κ2) is 8.82. The Morgan fingerprint density at radius 1 is 1.11 bits per heavy atom. The van der Waals surface area contributed by atoms with Crippen LogP contribution in [-0.2, 0) is 10.3 Å². The standard InChI is InChI=1S/C29H32N4O4/c1-16-12-23(32-36-16)28(19-8-10-35-11-9-19)33-24-14-21(29(4,5)34)6-7-22(24)27-25(33)13-20(15-30-27)26-17(2)31-37-18(26)3/h6-7,12-15,19,28,34H,8-11H2,1-5H3/i12D,28D. The first-order chi connectivity index (χ1) is 18.5. The lowest BCUT2D eigenvalue weighted by Gasteiger charge is -2.31. The van der Waals surface area contributed by atoms with Gasteiger partial charge in [0.1, 0.15) is 17.2 Å². The average molecular weight is 503 g/mol. The topological polar surface area (TPSA) is 99.3 Å². The van der Waals surface area contributed by atoms with Crippen molar-refractivity contribution in [1.29, 1.82) is 0 Å². The maximum atomic E-state index is 10.9. The minimum absolute atomic E-state index is 0.111. The molecule has 1 aliphatic rings. The molecule has 1 saturated heterocycles. The van der Waals surface area contributed by atoms with Crippen LogP contribution in [0.1, 0.15) is 63.9 Å². The third kappa shape index (κ3) is 4.04. The van der Waals surface area contributed by atoms with Crippen LogP contribution in [0.25, 0.3) is 33.1 Å². The Balaban J connectivity index is 1.75. The number of aliphatic hydroxyl groups is 1. The Morgan fingerprint density at radius 2 is 1.89 bits per heavy atom. The van der Waals surface area contributed by atoms with Gasteiger partial charge in [-0.2, -0.15) is 0 Å². The van der Waals surface area contributed by atoms with Crippen LogP contribution in [0.3, 0.4) is 0 Å². The molecule has 4 aromatic heterocycles. The molecule has 0 radical (unpaired) electrons. The zero-order chi connectivity index (χ0) is 27.7. The second-order valence-corrected chi connectivity index (χ2v) is 10.4. The third-order valence-electron chi connectivity index (χ3n) is 7.29. The molecule has 1 atom stereocenters. The monoisotopic (exact) mass is 502 g/mol. The van der Waals surface area contributed by atoms with Crippen LogP contribution in [-0.4, -0.2) is 38.2 Å². The Bertz CT molecular complexity index is 1690. The zero-order valence-electron chi connectivity index (χ0n) is 23.8. The second-order valence-electron chi connectivity index (χ2n) is 10.4. The van der Waals surface area contributed by atoms with Crippen molar-refractivity contribution in [3.8, 4) is 11.1 Å². The molecule has 0 bridgehead atoms. The molecule has 1 unspecified atom stereocenters. The molecule has 0 amide bonds. The largest absolute Gasteiger partial charge is 0.386 e. The maximum absolute atomic E-state index is 10.9. The number of rotatable bonds is 5. The number of hydrogen-bond acceptors (Lipinski definition) is 7. The summed E-state index contributed by atoms with van der Waals surface area (Å²) in [6, 6.07) is 6.38. The quantitative estimate of drug-likeness (QED) is 0.315. The highest BCUT2D eigenvalue weighted by atomic mass is 16.5. The smallest absolute Gasteiger partial charge is 0.141 e. The summed E-state index contributed by atoms with van der Waals surface area (Å²) >= 11 is 0. The summed E-state index contributed by atoms with van der Waals surface area (Å²) in [5.74, 6) is 0.830. The van der Waals surface area contributed by atoms with Gasteiger partial charge in [-0.3, -0.25) is 4.98 Å². The van der Waals surface area contributed by atoms with Gasteiger partial charge in [-0.05, 0) is 71.1 Å². The number of ether oxygens (including phenoxy) is 1. The lowest BCUT2D eigenvalue weighted by Crippen LogP contribution is -2.27. The molecule has 0 spiro atoms. The number of pyridine rings is 1. The van der Waals surface area contributed by atoms with Crippen molar-refractivity contribution < 1.29 is 21.6 Å². The molecule has 5 aromatic rings. The molecule has 1 aromatic carbocycles. The van der Waals surface area contributed by atoms with E-state index >= 15 is 0 Å². The van der Waals surface area contributed by atoms with E-state index in [1.807, 2.05) is 42.7 Å². The Labute approximate surface area is 218 Å². The van der Waals surface area contributed by atoms with Crippen LogP contribution in [0.4, 0.5) is 0 Å². The fourth-order valence-corrected chi connectivity index (χ4v) is 5.44. The van der Waals surface area contributed by atoms with Crippen molar-refractivity contribution in [2.24, 2.45) is 5.92 Å². The zero-order valence-corrected chi connectivity index (χ0v) is 21.8. The van der Waals surface area contributed by atoms with Gasteiger partial charge in [0.25, 0.3) is 0 Å². The molecule has 1 fully saturated rings. The Morgan fingerprint density at radius 3 is 2.54 bits per heavy atom. The molecule has 5 heterocycles. The highest BCUT2D eigenvalue weighted by Crippen LogP contribution is 2.42. The highest BCUT2D eigenvalue weighted by molar-refractivity contribution is 6.07. The molecule has 1 N–H and O–H groups in total. The summed E-state index contributed by atoms with van der Waals surface area (Å²) in [5.41, 5.74) is 4.47. The molecule has 37 heavy (non-hydrogen) atoms. The Kier molecular flexibility index (Phi) is 5.14. The van der Waals surface area contributed by atoms with Crippen molar-refractivity contribution in [2.45, 2.75) is 59.1 Å². The predicted octanol–water partition coefficient (Wildman–Crippen LogP) is 6.00. The minimum atomic E-state index is -1.50. The van der Waals surface area contributed by atoms with Crippen LogP contribution in [0.5, 0.6) is 0 Å². The van der Waals surface area contributed by atoms with Crippen molar-refractivity contribution in [3.63, 3.8) is 0 Å².